The maximum absolute atomic E-state index is 11.8. The van der Waals surface area contributed by atoms with Crippen molar-refractivity contribution in [2.45, 2.75) is 32.5 Å². The summed E-state index contributed by atoms with van der Waals surface area (Å²) in [5.74, 6) is -1.44. The van der Waals surface area contributed by atoms with Gasteiger partial charge in [0.25, 0.3) is 0 Å². The van der Waals surface area contributed by atoms with Crippen molar-refractivity contribution >= 4 is 16.0 Å². The van der Waals surface area contributed by atoms with Crippen molar-refractivity contribution in [1.29, 1.82) is 0 Å². The standard InChI is InChI=1S/C9H17NO5S/c1-7-5-10(6-8(2)15-7)16(13,14)4-3-9(11)12/h7-8H,3-6H2,1-2H3,(H,11,12). The predicted molar refractivity (Wildman–Crippen MR) is 57.6 cm³/mol. The van der Waals surface area contributed by atoms with E-state index in [-0.39, 0.29) is 24.4 Å². The Hall–Kier alpha value is -0.660. The number of aliphatic carboxylic acids is 1. The first-order valence-corrected chi connectivity index (χ1v) is 6.77. The minimum Gasteiger partial charge on any atom is -0.481 e. The minimum absolute atomic E-state index is 0.150. The lowest BCUT2D eigenvalue weighted by molar-refractivity contribution is -0.136. The molecule has 2 atom stereocenters. The first-order valence-electron chi connectivity index (χ1n) is 5.16. The number of carboxylic acids is 1. The third kappa shape index (κ3) is 3.73. The molecule has 0 aromatic heterocycles. The van der Waals surface area contributed by atoms with Crippen LogP contribution in [-0.4, -0.2) is 54.8 Å². The van der Waals surface area contributed by atoms with Crippen molar-refractivity contribution in [3.05, 3.63) is 0 Å². The summed E-state index contributed by atoms with van der Waals surface area (Å²) in [6.07, 6.45) is -0.658. The number of carbonyl (C=O) groups is 1. The van der Waals surface area contributed by atoms with Gasteiger partial charge in [-0.2, -0.15) is 4.31 Å². The van der Waals surface area contributed by atoms with Gasteiger partial charge in [-0.25, -0.2) is 8.42 Å². The highest BCUT2D eigenvalue weighted by Gasteiger charge is 2.30. The van der Waals surface area contributed by atoms with Gasteiger partial charge >= 0.3 is 5.97 Å². The molecule has 0 saturated carbocycles. The van der Waals surface area contributed by atoms with E-state index in [2.05, 4.69) is 0 Å². The second-order valence-corrected chi connectivity index (χ2v) is 6.12. The van der Waals surface area contributed by atoms with Gasteiger partial charge in [0.2, 0.25) is 10.0 Å². The second-order valence-electron chi connectivity index (χ2n) is 4.03. The lowest BCUT2D eigenvalue weighted by atomic mass is 10.3. The average molecular weight is 251 g/mol. The normalized spacial score (nSPS) is 27.9. The van der Waals surface area contributed by atoms with Crippen LogP contribution in [0.2, 0.25) is 0 Å². The number of ether oxygens (including phenoxy) is 1. The molecule has 0 bridgehead atoms. The smallest absolute Gasteiger partial charge is 0.304 e. The van der Waals surface area contributed by atoms with Gasteiger partial charge in [-0.1, -0.05) is 0 Å². The van der Waals surface area contributed by atoms with Gasteiger partial charge in [0.05, 0.1) is 24.4 Å². The molecule has 1 aliphatic heterocycles. The molecule has 1 saturated heterocycles. The maximum atomic E-state index is 11.8. The van der Waals surface area contributed by atoms with Crippen LogP contribution in [0.25, 0.3) is 0 Å². The third-order valence-corrected chi connectivity index (χ3v) is 4.16. The Bertz CT molecular complexity index is 343. The number of nitrogens with zero attached hydrogens (tertiary/aromatic N) is 1. The lowest BCUT2D eigenvalue weighted by Gasteiger charge is -2.34. The summed E-state index contributed by atoms with van der Waals surface area (Å²) in [6.45, 7) is 4.20. The summed E-state index contributed by atoms with van der Waals surface area (Å²) in [6, 6.07) is 0. The largest absolute Gasteiger partial charge is 0.481 e. The molecule has 0 spiro atoms. The van der Waals surface area contributed by atoms with Crippen LogP contribution in [0, 0.1) is 0 Å². The molecule has 0 aromatic rings. The van der Waals surface area contributed by atoms with Gasteiger partial charge < -0.3 is 9.84 Å². The summed E-state index contributed by atoms with van der Waals surface area (Å²) in [5.41, 5.74) is 0. The van der Waals surface area contributed by atoms with Crippen molar-refractivity contribution in [1.82, 2.24) is 4.31 Å². The average Bonchev–Trinajstić information content (AvgIpc) is 2.13. The van der Waals surface area contributed by atoms with E-state index in [0.29, 0.717) is 13.1 Å². The van der Waals surface area contributed by atoms with Crippen molar-refractivity contribution in [2.75, 3.05) is 18.8 Å². The van der Waals surface area contributed by atoms with E-state index in [1.165, 1.54) is 4.31 Å². The molecule has 0 radical (unpaired) electrons. The number of morpholine rings is 1. The highest BCUT2D eigenvalue weighted by molar-refractivity contribution is 7.89. The first kappa shape index (κ1) is 13.4. The number of hydrogen-bond acceptors (Lipinski definition) is 4. The van der Waals surface area contributed by atoms with E-state index in [4.69, 9.17) is 9.84 Å². The van der Waals surface area contributed by atoms with Crippen LogP contribution in [0.4, 0.5) is 0 Å². The van der Waals surface area contributed by atoms with Crippen molar-refractivity contribution < 1.29 is 23.1 Å². The van der Waals surface area contributed by atoms with E-state index in [9.17, 15) is 13.2 Å². The fourth-order valence-corrected chi connectivity index (χ4v) is 3.27. The zero-order chi connectivity index (χ0) is 12.3. The molecule has 6 nitrogen and oxygen atoms in total. The molecule has 2 unspecified atom stereocenters. The van der Waals surface area contributed by atoms with E-state index >= 15 is 0 Å². The topological polar surface area (TPSA) is 83.9 Å². The van der Waals surface area contributed by atoms with Gasteiger partial charge in [0.1, 0.15) is 0 Å². The van der Waals surface area contributed by atoms with Crippen molar-refractivity contribution in [2.24, 2.45) is 0 Å². The third-order valence-electron chi connectivity index (χ3n) is 2.35. The van der Waals surface area contributed by atoms with Gasteiger partial charge in [0, 0.05) is 13.1 Å². The van der Waals surface area contributed by atoms with E-state index in [1.54, 1.807) is 13.8 Å². The zero-order valence-corrected chi connectivity index (χ0v) is 10.2. The molecule has 1 heterocycles. The molecular weight excluding hydrogens is 234 g/mol. The number of sulfonamides is 1. The fourth-order valence-electron chi connectivity index (χ4n) is 1.70. The second kappa shape index (κ2) is 5.11. The monoisotopic (exact) mass is 251 g/mol. The Kier molecular flexibility index (Phi) is 4.28. The summed E-state index contributed by atoms with van der Waals surface area (Å²) in [4.78, 5) is 10.3. The highest BCUT2D eigenvalue weighted by Crippen LogP contribution is 2.15. The van der Waals surface area contributed by atoms with Gasteiger partial charge in [-0.3, -0.25) is 4.79 Å². The maximum Gasteiger partial charge on any atom is 0.304 e. The van der Waals surface area contributed by atoms with Crippen LogP contribution in [0.1, 0.15) is 20.3 Å². The molecule has 1 rings (SSSR count). The molecule has 0 aromatic carbocycles. The minimum atomic E-state index is -3.47. The molecule has 1 aliphatic rings. The molecule has 7 heteroatoms. The molecule has 94 valence electrons. The van der Waals surface area contributed by atoms with E-state index in [0.717, 1.165) is 0 Å². The van der Waals surface area contributed by atoms with Crippen LogP contribution in [0.5, 0.6) is 0 Å². The van der Waals surface area contributed by atoms with Crippen molar-refractivity contribution in [3.63, 3.8) is 0 Å². The molecule has 1 N–H and O–H groups in total. The Labute approximate surface area is 95.2 Å². The molecule has 0 amide bonds. The van der Waals surface area contributed by atoms with Crippen LogP contribution in [0.15, 0.2) is 0 Å². The fraction of sp³-hybridized carbons (Fsp3) is 0.889. The van der Waals surface area contributed by atoms with Crippen LogP contribution in [0.3, 0.4) is 0 Å². The Balaban J connectivity index is 2.64. The number of rotatable bonds is 4. The van der Waals surface area contributed by atoms with Crippen LogP contribution in [-0.2, 0) is 19.6 Å². The Morgan fingerprint density at radius 1 is 1.38 bits per heavy atom. The summed E-state index contributed by atoms with van der Waals surface area (Å²) in [7, 11) is -3.47. The first-order chi connectivity index (χ1) is 7.31. The Morgan fingerprint density at radius 2 is 1.88 bits per heavy atom. The summed E-state index contributed by atoms with van der Waals surface area (Å²) >= 11 is 0. The van der Waals surface area contributed by atoms with Gasteiger partial charge in [-0.15, -0.1) is 0 Å². The summed E-state index contributed by atoms with van der Waals surface area (Å²) < 4.78 is 30.3. The lowest BCUT2D eigenvalue weighted by Crippen LogP contribution is -2.48. The molecule has 0 aliphatic carbocycles. The van der Waals surface area contributed by atoms with Gasteiger partial charge in [-0.05, 0) is 13.8 Å². The van der Waals surface area contributed by atoms with Gasteiger partial charge in [0.15, 0.2) is 0 Å². The van der Waals surface area contributed by atoms with E-state index in [1.807, 2.05) is 0 Å². The predicted octanol–water partition coefficient (Wildman–Crippen LogP) is -0.0999. The Morgan fingerprint density at radius 3 is 2.31 bits per heavy atom. The van der Waals surface area contributed by atoms with E-state index < -0.39 is 16.0 Å². The molecular formula is C9H17NO5S. The molecule has 16 heavy (non-hydrogen) atoms. The summed E-state index contributed by atoms with van der Waals surface area (Å²) in [5, 5.41) is 8.47. The SMILES string of the molecule is CC1CN(S(=O)(=O)CCC(=O)O)CC(C)O1. The number of carboxylic acid groups (broad SMARTS) is 1. The van der Waals surface area contributed by atoms with Crippen molar-refractivity contribution in [3.8, 4) is 0 Å². The zero-order valence-electron chi connectivity index (χ0n) is 9.42. The highest BCUT2D eigenvalue weighted by atomic mass is 32.2. The quantitative estimate of drug-likeness (QED) is 0.754. The number of hydrogen-bond donors (Lipinski definition) is 1. The van der Waals surface area contributed by atoms with Crippen LogP contribution < -0.4 is 0 Å². The van der Waals surface area contributed by atoms with Crippen LogP contribution >= 0.6 is 0 Å². The molecule has 1 fully saturated rings.